The Morgan fingerprint density at radius 2 is 2.06 bits per heavy atom. The Balaban J connectivity index is 2.03. The second-order valence-corrected chi connectivity index (χ2v) is 4.66. The average molecular weight is 242 g/mol. The molecule has 1 fully saturated rings. The van der Waals surface area contributed by atoms with Gasteiger partial charge in [-0.25, -0.2) is 4.79 Å². The van der Waals surface area contributed by atoms with Crippen LogP contribution in [0.4, 0.5) is 0 Å². The van der Waals surface area contributed by atoms with Gasteiger partial charge < -0.3 is 4.74 Å². The average Bonchev–Trinajstić information content (AvgIpc) is 2.37. The van der Waals surface area contributed by atoms with Crippen LogP contribution in [-0.4, -0.2) is 11.6 Å². The van der Waals surface area contributed by atoms with Crippen LogP contribution in [0.25, 0.3) is 0 Å². The zero-order chi connectivity index (χ0) is 12.8. The van der Waals surface area contributed by atoms with Crippen molar-refractivity contribution < 1.29 is 9.53 Å². The lowest BCUT2D eigenvalue weighted by Crippen LogP contribution is -2.40. The van der Waals surface area contributed by atoms with Gasteiger partial charge in [0.2, 0.25) is 0 Å². The molecular weight excluding hydrogens is 224 g/mol. The van der Waals surface area contributed by atoms with Crippen molar-refractivity contribution >= 4 is 5.97 Å². The predicted molar refractivity (Wildman–Crippen MR) is 71.1 cm³/mol. The number of ether oxygens (including phenoxy) is 1. The second-order valence-electron chi connectivity index (χ2n) is 4.66. The standard InChI is InChI=1S/C16H18O2/c1-2-3-7-11-16(12-8-13-16)18-15(17)14-9-5-4-6-10-14/h4-6,9-10H,2-3,8,12-13H2,1H3. The number of benzene rings is 1. The van der Waals surface area contributed by atoms with Gasteiger partial charge in [0.25, 0.3) is 0 Å². The summed E-state index contributed by atoms with van der Waals surface area (Å²) in [5, 5.41) is 0. The molecule has 0 bridgehead atoms. The van der Waals surface area contributed by atoms with Crippen molar-refractivity contribution in [3.8, 4) is 11.8 Å². The summed E-state index contributed by atoms with van der Waals surface area (Å²) in [6, 6.07) is 9.11. The van der Waals surface area contributed by atoms with E-state index in [-0.39, 0.29) is 5.97 Å². The van der Waals surface area contributed by atoms with Crippen LogP contribution in [-0.2, 0) is 4.74 Å². The van der Waals surface area contributed by atoms with Crippen molar-refractivity contribution in [2.75, 3.05) is 0 Å². The molecule has 94 valence electrons. The van der Waals surface area contributed by atoms with Crippen molar-refractivity contribution in [2.24, 2.45) is 0 Å². The van der Waals surface area contributed by atoms with E-state index in [0.29, 0.717) is 5.56 Å². The molecule has 0 aliphatic heterocycles. The van der Waals surface area contributed by atoms with E-state index in [2.05, 4.69) is 18.8 Å². The highest BCUT2D eigenvalue weighted by Gasteiger charge is 2.39. The summed E-state index contributed by atoms with van der Waals surface area (Å²) in [4.78, 5) is 12.0. The fourth-order valence-corrected chi connectivity index (χ4v) is 1.91. The highest BCUT2D eigenvalue weighted by molar-refractivity contribution is 5.89. The van der Waals surface area contributed by atoms with E-state index in [1.165, 1.54) is 0 Å². The molecule has 0 radical (unpaired) electrons. The Morgan fingerprint density at radius 1 is 1.33 bits per heavy atom. The van der Waals surface area contributed by atoms with E-state index in [9.17, 15) is 4.79 Å². The number of unbranched alkanes of at least 4 members (excludes halogenated alkanes) is 1. The van der Waals surface area contributed by atoms with Crippen molar-refractivity contribution in [1.82, 2.24) is 0 Å². The molecule has 0 atom stereocenters. The topological polar surface area (TPSA) is 26.3 Å². The van der Waals surface area contributed by atoms with Crippen LogP contribution < -0.4 is 0 Å². The van der Waals surface area contributed by atoms with E-state index in [0.717, 1.165) is 32.1 Å². The summed E-state index contributed by atoms with van der Waals surface area (Å²) in [6.07, 6.45) is 4.72. The summed E-state index contributed by atoms with van der Waals surface area (Å²) in [6.45, 7) is 2.10. The summed E-state index contributed by atoms with van der Waals surface area (Å²) in [7, 11) is 0. The molecule has 1 aliphatic rings. The van der Waals surface area contributed by atoms with Crippen LogP contribution in [0.3, 0.4) is 0 Å². The van der Waals surface area contributed by atoms with Gasteiger partial charge in [-0.2, -0.15) is 0 Å². The lowest BCUT2D eigenvalue weighted by Gasteiger charge is -2.36. The number of rotatable bonds is 3. The SMILES string of the molecule is CCCC#CC1(OC(=O)c2ccccc2)CCC1. The van der Waals surface area contributed by atoms with Crippen LogP contribution >= 0.6 is 0 Å². The predicted octanol–water partition coefficient (Wildman–Crippen LogP) is 3.57. The van der Waals surface area contributed by atoms with Gasteiger partial charge in [0.1, 0.15) is 0 Å². The fourth-order valence-electron chi connectivity index (χ4n) is 1.91. The molecule has 1 saturated carbocycles. The third kappa shape index (κ3) is 2.92. The normalized spacial score (nSPS) is 16.1. The number of carbonyl (C=O) groups excluding carboxylic acids is 1. The Hall–Kier alpha value is -1.75. The van der Waals surface area contributed by atoms with Crippen molar-refractivity contribution in [1.29, 1.82) is 0 Å². The van der Waals surface area contributed by atoms with E-state index in [1.807, 2.05) is 18.2 Å². The monoisotopic (exact) mass is 242 g/mol. The molecule has 18 heavy (non-hydrogen) atoms. The Bertz CT molecular complexity index is 461. The van der Waals surface area contributed by atoms with Gasteiger partial charge in [0.05, 0.1) is 5.56 Å². The van der Waals surface area contributed by atoms with Gasteiger partial charge in [-0.15, -0.1) is 0 Å². The molecule has 1 aromatic rings. The summed E-state index contributed by atoms with van der Waals surface area (Å²) >= 11 is 0. The van der Waals surface area contributed by atoms with Gasteiger partial charge in [-0.05, 0) is 37.8 Å². The number of esters is 1. The molecule has 2 rings (SSSR count). The first-order chi connectivity index (χ1) is 8.76. The molecule has 0 amide bonds. The first-order valence-corrected chi connectivity index (χ1v) is 6.54. The molecule has 0 saturated heterocycles. The highest BCUT2D eigenvalue weighted by Crippen LogP contribution is 2.35. The quantitative estimate of drug-likeness (QED) is 0.598. The minimum atomic E-state index is -0.512. The largest absolute Gasteiger partial charge is 0.442 e. The van der Waals surface area contributed by atoms with E-state index in [4.69, 9.17) is 4.74 Å². The maximum Gasteiger partial charge on any atom is 0.339 e. The molecule has 1 aliphatic carbocycles. The van der Waals surface area contributed by atoms with Crippen molar-refractivity contribution in [2.45, 2.75) is 44.6 Å². The highest BCUT2D eigenvalue weighted by atomic mass is 16.6. The second kappa shape index (κ2) is 5.73. The molecule has 0 aromatic heterocycles. The minimum Gasteiger partial charge on any atom is -0.442 e. The molecule has 0 heterocycles. The Labute approximate surface area is 108 Å². The molecule has 0 spiro atoms. The fraction of sp³-hybridized carbons (Fsp3) is 0.438. The zero-order valence-electron chi connectivity index (χ0n) is 10.7. The molecule has 1 aromatic carbocycles. The third-order valence-electron chi connectivity index (χ3n) is 3.15. The van der Waals surface area contributed by atoms with Crippen LogP contribution in [0.5, 0.6) is 0 Å². The Kier molecular flexibility index (Phi) is 4.04. The van der Waals surface area contributed by atoms with E-state index in [1.54, 1.807) is 12.1 Å². The van der Waals surface area contributed by atoms with Gasteiger partial charge >= 0.3 is 5.97 Å². The van der Waals surface area contributed by atoms with Crippen LogP contribution in [0.1, 0.15) is 49.4 Å². The molecular formula is C16H18O2. The van der Waals surface area contributed by atoms with E-state index >= 15 is 0 Å². The smallest absolute Gasteiger partial charge is 0.339 e. The molecule has 2 nitrogen and oxygen atoms in total. The van der Waals surface area contributed by atoms with Crippen LogP contribution in [0.2, 0.25) is 0 Å². The van der Waals surface area contributed by atoms with Crippen LogP contribution in [0.15, 0.2) is 30.3 Å². The van der Waals surface area contributed by atoms with Gasteiger partial charge in [0, 0.05) is 6.42 Å². The summed E-state index contributed by atoms with van der Waals surface area (Å²) < 4.78 is 5.59. The third-order valence-corrected chi connectivity index (χ3v) is 3.15. The minimum absolute atomic E-state index is 0.263. The maximum atomic E-state index is 12.0. The number of hydrogen-bond acceptors (Lipinski definition) is 2. The lowest BCUT2D eigenvalue weighted by atomic mass is 9.80. The molecule has 0 unspecified atom stereocenters. The Morgan fingerprint density at radius 3 is 2.61 bits per heavy atom. The van der Waals surface area contributed by atoms with Gasteiger partial charge in [-0.1, -0.05) is 37.0 Å². The zero-order valence-corrected chi connectivity index (χ0v) is 10.7. The molecule has 2 heteroatoms. The van der Waals surface area contributed by atoms with Gasteiger partial charge in [-0.3, -0.25) is 0 Å². The number of carbonyl (C=O) groups is 1. The van der Waals surface area contributed by atoms with Gasteiger partial charge in [0.15, 0.2) is 5.60 Å². The lowest BCUT2D eigenvalue weighted by molar-refractivity contribution is -0.0259. The first-order valence-electron chi connectivity index (χ1n) is 6.54. The first kappa shape index (κ1) is 12.7. The van der Waals surface area contributed by atoms with E-state index < -0.39 is 5.60 Å². The number of hydrogen-bond donors (Lipinski definition) is 0. The maximum absolute atomic E-state index is 12.0. The summed E-state index contributed by atoms with van der Waals surface area (Å²) in [5.41, 5.74) is 0.0864. The van der Waals surface area contributed by atoms with Crippen molar-refractivity contribution in [3.05, 3.63) is 35.9 Å². The van der Waals surface area contributed by atoms with Crippen LogP contribution in [0, 0.1) is 11.8 Å². The molecule has 0 N–H and O–H groups in total. The van der Waals surface area contributed by atoms with Crippen molar-refractivity contribution in [3.63, 3.8) is 0 Å². The summed E-state index contributed by atoms with van der Waals surface area (Å²) in [5.74, 6) is 5.99.